The number of nitrogens with one attached hydrogen (secondary N) is 2. The van der Waals surface area contributed by atoms with Crippen LogP contribution in [0.3, 0.4) is 0 Å². The van der Waals surface area contributed by atoms with E-state index >= 15 is 0 Å². The highest BCUT2D eigenvalue weighted by molar-refractivity contribution is 7.60. The van der Waals surface area contributed by atoms with E-state index in [1.54, 1.807) is 16.3 Å². The van der Waals surface area contributed by atoms with Crippen LogP contribution in [0.4, 0.5) is 0 Å². The molecule has 1 aromatic rings. The van der Waals surface area contributed by atoms with Gasteiger partial charge in [0.1, 0.15) is 0 Å². The minimum absolute atomic E-state index is 0.161. The molecule has 2 heterocycles. The Labute approximate surface area is 203 Å². The third kappa shape index (κ3) is 5.71. The molecule has 2 fully saturated rings. The maximum absolute atomic E-state index is 3.70. The van der Waals surface area contributed by atoms with Crippen LogP contribution in [0.15, 0.2) is 18.2 Å². The first kappa shape index (κ1) is 26.8. The Bertz CT molecular complexity index is 746. The van der Waals surface area contributed by atoms with Gasteiger partial charge >= 0.3 is 0 Å². The van der Waals surface area contributed by atoms with Crippen LogP contribution in [0.5, 0.6) is 0 Å². The Morgan fingerprint density at radius 2 is 1.41 bits per heavy atom. The topological polar surface area (TPSA) is 24.1 Å². The Balaban J connectivity index is 2.18. The fourth-order valence-corrected chi connectivity index (χ4v) is 11.7. The van der Waals surface area contributed by atoms with Gasteiger partial charge in [-0.15, -0.1) is 9.24 Å². The lowest BCUT2D eigenvalue weighted by Crippen LogP contribution is -2.43. The lowest BCUT2D eigenvalue weighted by Gasteiger charge is -2.45. The Kier molecular flexibility index (Phi) is 8.13. The van der Waals surface area contributed by atoms with Crippen LogP contribution in [-0.4, -0.2) is 44.6 Å². The molecule has 3 unspecified atom stereocenters. The van der Waals surface area contributed by atoms with Crippen LogP contribution < -0.4 is 15.8 Å². The van der Waals surface area contributed by atoms with Crippen LogP contribution in [-0.2, 0) is 11.3 Å². The van der Waals surface area contributed by atoms with Crippen LogP contribution in [0.1, 0.15) is 65.5 Å². The van der Waals surface area contributed by atoms with Gasteiger partial charge in [-0.3, -0.25) is 0 Å². The van der Waals surface area contributed by atoms with E-state index in [1.807, 2.05) is 0 Å². The highest BCUT2D eigenvalue weighted by Crippen LogP contribution is 2.62. The minimum atomic E-state index is -1.39. The molecule has 0 amide bonds. The summed E-state index contributed by atoms with van der Waals surface area (Å²) >= 11 is 0. The van der Waals surface area contributed by atoms with E-state index in [9.17, 15) is 0 Å². The van der Waals surface area contributed by atoms with Crippen LogP contribution in [0, 0.1) is 11.8 Å². The molecule has 0 spiro atoms. The van der Waals surface area contributed by atoms with Crippen molar-refractivity contribution in [2.45, 2.75) is 95.7 Å². The molecule has 182 valence electrons. The molecular weight excluding hydrogens is 442 g/mol. The number of rotatable bonds is 6. The van der Waals surface area contributed by atoms with Gasteiger partial charge in [-0.1, -0.05) is 92.5 Å². The Morgan fingerprint density at radius 1 is 0.906 bits per heavy atom. The lowest BCUT2D eigenvalue weighted by atomic mass is 9.73. The fraction of sp³-hybridized carbons (Fsp3) is 0.778. The van der Waals surface area contributed by atoms with E-state index < -0.39 is 8.07 Å². The maximum Gasteiger partial charge on any atom is 0.0776 e. The summed E-state index contributed by atoms with van der Waals surface area (Å²) < 4.78 is 0. The molecule has 2 nitrogen and oxygen atoms in total. The summed E-state index contributed by atoms with van der Waals surface area (Å²) in [6.07, 6.45) is 3.83. The molecule has 5 heteroatoms. The summed E-state index contributed by atoms with van der Waals surface area (Å²) in [4.78, 5) is 0. The molecule has 2 N–H and O–H groups in total. The van der Waals surface area contributed by atoms with Gasteiger partial charge in [0.25, 0.3) is 0 Å². The highest BCUT2D eigenvalue weighted by Gasteiger charge is 2.47. The molecule has 1 aromatic carbocycles. The molecule has 2 saturated heterocycles. The van der Waals surface area contributed by atoms with E-state index in [0.717, 1.165) is 13.1 Å². The van der Waals surface area contributed by atoms with Crippen LogP contribution >= 0.6 is 17.2 Å². The van der Waals surface area contributed by atoms with Gasteiger partial charge in [0.15, 0.2) is 0 Å². The van der Waals surface area contributed by atoms with Crippen molar-refractivity contribution in [3.63, 3.8) is 0 Å². The smallest absolute Gasteiger partial charge is 0.0776 e. The molecule has 0 bridgehead atoms. The average Bonchev–Trinajstić information content (AvgIpc) is 3.36. The van der Waals surface area contributed by atoms with Gasteiger partial charge in [-0.05, 0) is 78.5 Å². The first-order valence-electron chi connectivity index (χ1n) is 12.8. The second-order valence-electron chi connectivity index (χ2n) is 13.4. The zero-order valence-electron chi connectivity index (χ0n) is 22.4. The van der Waals surface area contributed by atoms with Gasteiger partial charge in [0.2, 0.25) is 0 Å². The third-order valence-electron chi connectivity index (χ3n) is 7.86. The van der Waals surface area contributed by atoms with E-state index in [1.165, 1.54) is 32.1 Å². The SMILES string of the molecule is CC(C)(C)P(Cc1ccc([Si](C)(C)C)cc1C(P)(C1CCNC1)C1CCNC1)C(C)(C)C. The number of hydrogen-bond acceptors (Lipinski definition) is 2. The second kappa shape index (κ2) is 9.70. The fourth-order valence-electron chi connectivity index (χ4n) is 6.13. The largest absolute Gasteiger partial charge is 0.316 e. The summed E-state index contributed by atoms with van der Waals surface area (Å²) in [5, 5.41) is 9.88. The molecule has 2 aliphatic rings. The predicted molar refractivity (Wildman–Crippen MR) is 153 cm³/mol. The zero-order chi connectivity index (χ0) is 23.9. The van der Waals surface area contributed by atoms with Gasteiger partial charge < -0.3 is 10.6 Å². The molecule has 3 atom stereocenters. The molecular formula is C27H50N2P2Si. The van der Waals surface area contributed by atoms with E-state index in [4.69, 9.17) is 0 Å². The van der Waals surface area contributed by atoms with Crippen molar-refractivity contribution in [3.05, 3.63) is 29.3 Å². The normalized spacial score (nSPS) is 24.8. The van der Waals surface area contributed by atoms with Gasteiger partial charge in [0, 0.05) is 5.16 Å². The predicted octanol–water partition coefficient (Wildman–Crippen LogP) is 6.10. The van der Waals surface area contributed by atoms with Crippen LogP contribution in [0.25, 0.3) is 0 Å². The summed E-state index contributed by atoms with van der Waals surface area (Å²) in [5.41, 5.74) is 3.31. The van der Waals surface area contributed by atoms with E-state index in [2.05, 4.69) is 99.3 Å². The van der Waals surface area contributed by atoms with Crippen molar-refractivity contribution in [2.75, 3.05) is 26.2 Å². The maximum atomic E-state index is 3.70. The lowest BCUT2D eigenvalue weighted by molar-refractivity contribution is 0.299. The van der Waals surface area contributed by atoms with Crippen molar-refractivity contribution in [3.8, 4) is 0 Å². The molecule has 0 aliphatic carbocycles. The van der Waals surface area contributed by atoms with Crippen molar-refractivity contribution < 1.29 is 0 Å². The summed E-state index contributed by atoms with van der Waals surface area (Å²) in [6.45, 7) is 27.0. The first-order chi connectivity index (χ1) is 14.6. The summed E-state index contributed by atoms with van der Waals surface area (Å²) in [6, 6.07) is 7.73. The first-order valence-corrected chi connectivity index (χ1v) is 18.4. The summed E-state index contributed by atoms with van der Waals surface area (Å²) in [7, 11) is 1.92. The number of hydrogen-bond donors (Lipinski definition) is 2. The minimum Gasteiger partial charge on any atom is -0.316 e. The van der Waals surface area contributed by atoms with Crippen molar-refractivity contribution in [2.24, 2.45) is 11.8 Å². The highest BCUT2D eigenvalue weighted by atomic mass is 31.1. The monoisotopic (exact) mass is 492 g/mol. The molecule has 0 radical (unpaired) electrons. The third-order valence-corrected chi connectivity index (χ3v) is 15.1. The molecule has 32 heavy (non-hydrogen) atoms. The number of benzene rings is 1. The average molecular weight is 493 g/mol. The molecule has 3 rings (SSSR count). The molecule has 2 aliphatic heterocycles. The summed E-state index contributed by atoms with van der Waals surface area (Å²) in [5.74, 6) is 1.40. The standard InChI is InChI=1S/C27H50N2P2Si/c1-25(2,3)31(26(4,5)6)19-20-10-11-23(32(7,8)9)16-24(20)27(30,21-12-14-28-17-21)22-13-15-29-18-22/h10-11,16,21-22,28-29H,12-15,17-19,30H2,1-9H3. The molecule has 0 saturated carbocycles. The van der Waals surface area contributed by atoms with Crippen molar-refractivity contribution in [1.29, 1.82) is 0 Å². The van der Waals surface area contributed by atoms with Gasteiger partial charge in [-0.2, -0.15) is 0 Å². The van der Waals surface area contributed by atoms with E-state index in [0.29, 0.717) is 22.1 Å². The Morgan fingerprint density at radius 3 is 1.78 bits per heavy atom. The Hall–Kier alpha value is 0.217. The van der Waals surface area contributed by atoms with Gasteiger partial charge in [0.05, 0.1) is 8.07 Å². The zero-order valence-corrected chi connectivity index (χ0v) is 25.4. The van der Waals surface area contributed by atoms with Crippen molar-refractivity contribution >= 4 is 30.4 Å². The van der Waals surface area contributed by atoms with Crippen molar-refractivity contribution in [1.82, 2.24) is 10.6 Å². The quantitative estimate of drug-likeness (QED) is 0.370. The second-order valence-corrected chi connectivity index (χ2v) is 23.3. The van der Waals surface area contributed by atoms with Crippen LogP contribution in [0.2, 0.25) is 19.6 Å². The molecule has 0 aromatic heterocycles. The van der Waals surface area contributed by atoms with E-state index in [-0.39, 0.29) is 13.1 Å². The van der Waals surface area contributed by atoms with Gasteiger partial charge in [-0.25, -0.2) is 0 Å².